The monoisotopic (exact) mass is 483 g/mol. The molecule has 0 spiro atoms. The fraction of sp³-hybridized carbons (Fsp3) is 0.0909. The van der Waals surface area contributed by atoms with Gasteiger partial charge in [-0.05, 0) is 36.8 Å². The van der Waals surface area contributed by atoms with Gasteiger partial charge in [0.1, 0.15) is 23.8 Å². The summed E-state index contributed by atoms with van der Waals surface area (Å²) in [5.41, 5.74) is 2.37. The molecule has 3 N–H and O–H groups in total. The summed E-state index contributed by atoms with van der Waals surface area (Å²) >= 11 is 13.9. The number of thiophene rings is 1. The maximum Gasteiger partial charge on any atom is 0.254 e. The number of hydrogen-bond acceptors (Lipinski definition) is 6. The first-order chi connectivity index (χ1) is 15.4. The van der Waals surface area contributed by atoms with Crippen LogP contribution in [0, 0.1) is 11.3 Å². The quantitative estimate of drug-likeness (QED) is 0.353. The largest absolute Gasteiger partial charge is 0.384 e. The molecule has 0 bridgehead atoms. The van der Waals surface area contributed by atoms with Gasteiger partial charge in [0, 0.05) is 39.8 Å². The van der Waals surface area contributed by atoms with Crippen LogP contribution >= 0.6 is 34.5 Å². The molecule has 4 aromatic rings. The zero-order chi connectivity index (χ0) is 22.8. The zero-order valence-corrected chi connectivity index (χ0v) is 18.9. The molecule has 0 saturated heterocycles. The molecule has 3 heterocycles. The Morgan fingerprint density at radius 2 is 2.03 bits per heavy atom. The number of nitriles is 1. The predicted octanol–water partition coefficient (Wildman–Crippen LogP) is 5.36. The number of hydrogen-bond donors (Lipinski definition) is 3. The van der Waals surface area contributed by atoms with Crippen LogP contribution in [-0.4, -0.2) is 32.1 Å². The molecule has 10 heteroatoms. The minimum Gasteiger partial charge on any atom is -0.384 e. The summed E-state index contributed by atoms with van der Waals surface area (Å²) in [4.78, 5) is 24.8. The molecule has 1 unspecified atom stereocenters. The predicted molar refractivity (Wildman–Crippen MR) is 126 cm³/mol. The van der Waals surface area contributed by atoms with Gasteiger partial charge in [0.15, 0.2) is 0 Å². The van der Waals surface area contributed by atoms with Crippen molar-refractivity contribution in [2.24, 2.45) is 0 Å². The van der Waals surface area contributed by atoms with E-state index >= 15 is 0 Å². The molecule has 4 rings (SSSR count). The first kappa shape index (κ1) is 22.0. The van der Waals surface area contributed by atoms with Crippen LogP contribution in [0.1, 0.15) is 12.5 Å². The van der Waals surface area contributed by atoms with Gasteiger partial charge in [0.2, 0.25) is 0 Å². The highest BCUT2D eigenvalue weighted by atomic mass is 35.5. The number of aromatic amines is 1. The summed E-state index contributed by atoms with van der Waals surface area (Å²) in [6.45, 7) is 1.37. The van der Waals surface area contributed by atoms with Crippen LogP contribution in [0.15, 0.2) is 48.9 Å². The van der Waals surface area contributed by atoms with Gasteiger partial charge in [-0.3, -0.25) is 4.79 Å². The van der Waals surface area contributed by atoms with Crippen molar-refractivity contribution < 1.29 is 9.90 Å². The molecule has 7 nitrogen and oxygen atoms in total. The van der Waals surface area contributed by atoms with Crippen molar-refractivity contribution in [3.05, 3.63) is 64.5 Å². The van der Waals surface area contributed by atoms with E-state index in [2.05, 4.69) is 26.3 Å². The minimum absolute atomic E-state index is 0.260. The third-order valence-corrected chi connectivity index (χ3v) is 6.38. The molecule has 0 fully saturated rings. The van der Waals surface area contributed by atoms with Crippen molar-refractivity contribution in [2.75, 3.05) is 5.32 Å². The fourth-order valence-electron chi connectivity index (χ4n) is 3.12. The molecule has 0 aliphatic rings. The number of amides is 1. The van der Waals surface area contributed by atoms with Gasteiger partial charge in [-0.15, -0.1) is 11.3 Å². The number of pyridine rings is 1. The average molecular weight is 484 g/mol. The maximum absolute atomic E-state index is 11.9. The topological polar surface area (TPSA) is 115 Å². The summed E-state index contributed by atoms with van der Waals surface area (Å²) < 4.78 is 0. The second-order valence-corrected chi connectivity index (χ2v) is 8.64. The SMILES string of the molecule is CC(O)C(=O)Nc1cc(-c2sc(-c3ncc[nH]3)c(-c3ccc(Cl)cc3Cl)c2C#N)ccn1. The van der Waals surface area contributed by atoms with E-state index in [9.17, 15) is 15.2 Å². The van der Waals surface area contributed by atoms with Crippen LogP contribution in [0.3, 0.4) is 0 Å². The number of carbonyl (C=O) groups is 1. The van der Waals surface area contributed by atoms with E-state index in [1.54, 1.807) is 42.7 Å². The van der Waals surface area contributed by atoms with Gasteiger partial charge in [-0.2, -0.15) is 5.26 Å². The summed E-state index contributed by atoms with van der Waals surface area (Å²) in [6, 6.07) is 10.8. The van der Waals surface area contributed by atoms with Crippen molar-refractivity contribution in [3.8, 4) is 38.3 Å². The van der Waals surface area contributed by atoms with Gasteiger partial charge in [0.25, 0.3) is 5.91 Å². The van der Waals surface area contributed by atoms with Gasteiger partial charge in [0.05, 0.1) is 15.3 Å². The van der Waals surface area contributed by atoms with Crippen molar-refractivity contribution >= 4 is 46.3 Å². The molecule has 1 aromatic carbocycles. The standard InChI is InChI=1S/C22H15Cl2N5O2S/c1-11(30)22(31)29-17-8-12(4-5-26-17)19-15(10-25)18(14-3-2-13(23)9-16(14)24)20(32-19)21-27-6-7-28-21/h2-9,11,30H,1H3,(H,27,28)(H,26,29,31). The van der Waals surface area contributed by atoms with Gasteiger partial charge in [-0.25, -0.2) is 9.97 Å². The highest BCUT2D eigenvalue weighted by molar-refractivity contribution is 7.19. The van der Waals surface area contributed by atoms with E-state index in [0.29, 0.717) is 43.0 Å². The molecule has 1 amide bonds. The lowest BCUT2D eigenvalue weighted by Gasteiger charge is -2.08. The van der Waals surface area contributed by atoms with Crippen LogP contribution in [0.2, 0.25) is 10.0 Å². The molecule has 160 valence electrons. The van der Waals surface area contributed by atoms with E-state index in [4.69, 9.17) is 23.2 Å². The van der Waals surface area contributed by atoms with E-state index in [1.165, 1.54) is 24.5 Å². The van der Waals surface area contributed by atoms with Gasteiger partial charge >= 0.3 is 0 Å². The van der Waals surface area contributed by atoms with Crippen LogP contribution < -0.4 is 5.32 Å². The van der Waals surface area contributed by atoms with E-state index in [1.807, 2.05) is 0 Å². The summed E-state index contributed by atoms with van der Waals surface area (Å²) in [6.07, 6.45) is 3.67. The summed E-state index contributed by atoms with van der Waals surface area (Å²) in [5.74, 6) is 0.276. The van der Waals surface area contributed by atoms with Crippen LogP contribution in [0.25, 0.3) is 32.3 Å². The van der Waals surface area contributed by atoms with Crippen molar-refractivity contribution in [3.63, 3.8) is 0 Å². The smallest absolute Gasteiger partial charge is 0.254 e. The first-order valence-corrected chi connectivity index (χ1v) is 10.9. The van der Waals surface area contributed by atoms with Crippen LogP contribution in [-0.2, 0) is 4.79 Å². The number of carbonyl (C=O) groups excluding carboxylic acids is 1. The lowest BCUT2D eigenvalue weighted by molar-refractivity contribution is -0.123. The summed E-state index contributed by atoms with van der Waals surface area (Å²) in [5, 5.41) is 23.0. The van der Waals surface area contributed by atoms with Gasteiger partial charge in [-0.1, -0.05) is 29.3 Å². The highest BCUT2D eigenvalue weighted by Gasteiger charge is 2.25. The third kappa shape index (κ3) is 4.24. The number of aliphatic hydroxyl groups is 1. The lowest BCUT2D eigenvalue weighted by Crippen LogP contribution is -2.24. The number of anilines is 1. The number of imidazole rings is 1. The number of aromatic nitrogens is 3. The zero-order valence-electron chi connectivity index (χ0n) is 16.6. The van der Waals surface area contributed by atoms with E-state index < -0.39 is 12.0 Å². The normalized spacial score (nSPS) is 11.7. The molecule has 0 aliphatic carbocycles. The molecular weight excluding hydrogens is 469 g/mol. The first-order valence-electron chi connectivity index (χ1n) is 9.36. The number of H-pyrrole nitrogens is 1. The van der Waals surface area contributed by atoms with Crippen molar-refractivity contribution in [1.29, 1.82) is 5.26 Å². The van der Waals surface area contributed by atoms with Crippen LogP contribution in [0.4, 0.5) is 5.82 Å². The Morgan fingerprint density at radius 1 is 1.22 bits per heavy atom. The molecule has 1 atom stereocenters. The van der Waals surface area contributed by atoms with Crippen molar-refractivity contribution in [1.82, 2.24) is 15.0 Å². The van der Waals surface area contributed by atoms with Crippen LogP contribution in [0.5, 0.6) is 0 Å². The second kappa shape index (κ2) is 9.10. The number of aliphatic hydroxyl groups excluding tert-OH is 1. The Kier molecular flexibility index (Phi) is 6.26. The molecule has 32 heavy (non-hydrogen) atoms. The average Bonchev–Trinajstić information content (AvgIpc) is 3.41. The number of halogens is 2. The Labute approximate surface area is 197 Å². The molecule has 0 saturated carbocycles. The number of benzene rings is 1. The lowest BCUT2D eigenvalue weighted by atomic mass is 9.98. The van der Waals surface area contributed by atoms with E-state index in [0.717, 1.165) is 4.88 Å². The highest BCUT2D eigenvalue weighted by Crippen LogP contribution is 2.48. The third-order valence-electron chi connectivity index (χ3n) is 4.59. The molecule has 0 aliphatic heterocycles. The number of nitrogens with zero attached hydrogens (tertiary/aromatic N) is 3. The molecule has 0 radical (unpaired) electrons. The Morgan fingerprint density at radius 3 is 2.69 bits per heavy atom. The minimum atomic E-state index is -1.18. The van der Waals surface area contributed by atoms with Gasteiger partial charge < -0.3 is 15.4 Å². The maximum atomic E-state index is 11.9. The fourth-order valence-corrected chi connectivity index (χ4v) is 4.84. The second-order valence-electron chi connectivity index (χ2n) is 6.78. The van der Waals surface area contributed by atoms with Crippen molar-refractivity contribution in [2.45, 2.75) is 13.0 Å². The van der Waals surface area contributed by atoms with E-state index in [-0.39, 0.29) is 5.82 Å². The number of nitrogens with one attached hydrogen (secondary N) is 2. The molecule has 3 aromatic heterocycles. The number of rotatable bonds is 5. The Balaban J connectivity index is 1.92. The Hall–Kier alpha value is -3.22. The molecular formula is C22H15Cl2N5O2S. The Bertz CT molecular complexity index is 1340. The summed E-state index contributed by atoms with van der Waals surface area (Å²) in [7, 11) is 0.